The molecule has 0 radical (unpaired) electrons. The lowest BCUT2D eigenvalue weighted by Gasteiger charge is -2.10. The van der Waals surface area contributed by atoms with Crippen LogP contribution in [0, 0.1) is 0 Å². The van der Waals surface area contributed by atoms with Crippen molar-refractivity contribution in [2.24, 2.45) is 0 Å². The lowest BCUT2D eigenvalue weighted by atomic mass is 9.95. The van der Waals surface area contributed by atoms with Gasteiger partial charge in [0.25, 0.3) is 0 Å². The molecule has 0 bridgehead atoms. The van der Waals surface area contributed by atoms with E-state index in [9.17, 15) is 9.90 Å². The van der Waals surface area contributed by atoms with E-state index < -0.39 is 5.97 Å². The summed E-state index contributed by atoms with van der Waals surface area (Å²) in [6.07, 6.45) is 1.15. The largest absolute Gasteiger partial charge is 0.545 e. The summed E-state index contributed by atoms with van der Waals surface area (Å²) in [7, 11) is 0. The minimum absolute atomic E-state index is 0.654. The van der Waals surface area contributed by atoms with Crippen molar-refractivity contribution in [1.29, 1.82) is 0 Å². The van der Waals surface area contributed by atoms with Crippen molar-refractivity contribution >= 4 is 22.3 Å². The van der Waals surface area contributed by atoms with Gasteiger partial charge in [-0.1, -0.05) is 66.7 Å². The van der Waals surface area contributed by atoms with Gasteiger partial charge in [0, 0.05) is 0 Å². The Morgan fingerprint density at radius 3 is 2.14 bits per heavy atom. The third-order valence-electron chi connectivity index (χ3n) is 3.41. The van der Waals surface area contributed by atoms with E-state index in [4.69, 9.17) is 0 Å². The van der Waals surface area contributed by atoms with E-state index in [0.29, 0.717) is 5.57 Å². The summed E-state index contributed by atoms with van der Waals surface area (Å²) in [6, 6.07) is 23.4. The molecule has 2 heteroatoms. The fraction of sp³-hybridized carbons (Fsp3) is 0. The molecule has 0 atom stereocenters. The van der Waals surface area contributed by atoms with E-state index in [1.54, 1.807) is 0 Å². The van der Waals surface area contributed by atoms with Gasteiger partial charge >= 0.3 is 0 Å². The van der Waals surface area contributed by atoms with Gasteiger partial charge in [-0.05, 0) is 39.6 Å². The Labute approximate surface area is 123 Å². The molecular weight excluding hydrogens is 260 g/mol. The lowest BCUT2D eigenvalue weighted by Crippen LogP contribution is -2.19. The number of hydrogen-bond acceptors (Lipinski definition) is 2. The predicted octanol–water partition coefficient (Wildman–Crippen LogP) is 3.02. The minimum atomic E-state index is -1.19. The topological polar surface area (TPSA) is 40.1 Å². The molecule has 0 saturated heterocycles. The first-order chi connectivity index (χ1) is 10.2. The van der Waals surface area contributed by atoms with Crippen molar-refractivity contribution in [2.75, 3.05) is 0 Å². The van der Waals surface area contributed by atoms with Crippen molar-refractivity contribution < 1.29 is 9.90 Å². The van der Waals surface area contributed by atoms with Crippen molar-refractivity contribution in [1.82, 2.24) is 0 Å². The van der Waals surface area contributed by atoms with Crippen LogP contribution in [0.4, 0.5) is 0 Å². The fourth-order valence-corrected chi connectivity index (χ4v) is 2.43. The molecule has 0 aliphatic heterocycles. The van der Waals surface area contributed by atoms with Crippen LogP contribution >= 0.6 is 0 Å². The molecule has 0 amide bonds. The number of carboxylic acid groups (broad SMARTS) is 1. The van der Waals surface area contributed by atoms with Crippen LogP contribution in [0.15, 0.2) is 78.9 Å². The van der Waals surface area contributed by atoms with Gasteiger partial charge in [-0.15, -0.1) is 0 Å². The monoisotopic (exact) mass is 273 g/mol. The standard InChI is InChI=1S/C19H14O2/c20-19(21)13-18(15-7-2-1-3-8-15)17-11-10-14-6-4-5-9-16(14)12-17/h1-13H,(H,20,21)/p-1/b18-13-. The van der Waals surface area contributed by atoms with E-state index >= 15 is 0 Å². The number of hydrogen-bond donors (Lipinski definition) is 0. The number of benzene rings is 3. The number of fused-ring (bicyclic) bond motifs is 1. The van der Waals surface area contributed by atoms with Gasteiger partial charge in [-0.3, -0.25) is 0 Å². The summed E-state index contributed by atoms with van der Waals surface area (Å²) in [5.41, 5.74) is 2.38. The highest BCUT2D eigenvalue weighted by Gasteiger charge is 2.05. The average molecular weight is 273 g/mol. The van der Waals surface area contributed by atoms with E-state index in [-0.39, 0.29) is 0 Å². The van der Waals surface area contributed by atoms with Gasteiger partial charge in [-0.25, -0.2) is 0 Å². The summed E-state index contributed by atoms with van der Waals surface area (Å²) < 4.78 is 0. The van der Waals surface area contributed by atoms with Crippen LogP contribution in [0.3, 0.4) is 0 Å². The van der Waals surface area contributed by atoms with Crippen LogP contribution in [0.1, 0.15) is 11.1 Å². The summed E-state index contributed by atoms with van der Waals surface area (Å²) in [5.74, 6) is -1.19. The molecule has 3 rings (SSSR count). The Hall–Kier alpha value is -2.87. The second kappa shape index (κ2) is 5.63. The smallest absolute Gasteiger partial charge is 0.0649 e. The van der Waals surface area contributed by atoms with E-state index in [2.05, 4.69) is 0 Å². The van der Waals surface area contributed by atoms with Crippen LogP contribution in [0.25, 0.3) is 16.3 Å². The second-order valence-electron chi connectivity index (χ2n) is 4.81. The van der Waals surface area contributed by atoms with E-state index in [1.165, 1.54) is 0 Å². The lowest BCUT2D eigenvalue weighted by molar-refractivity contribution is -0.297. The molecule has 0 aliphatic carbocycles. The van der Waals surface area contributed by atoms with Crippen LogP contribution in [-0.4, -0.2) is 5.97 Å². The second-order valence-corrected chi connectivity index (χ2v) is 4.81. The predicted molar refractivity (Wildman–Crippen MR) is 82.5 cm³/mol. The van der Waals surface area contributed by atoms with Crippen LogP contribution in [0.5, 0.6) is 0 Å². The first kappa shape index (κ1) is 13.1. The highest BCUT2D eigenvalue weighted by molar-refractivity contribution is 5.96. The van der Waals surface area contributed by atoms with Gasteiger partial charge in [-0.2, -0.15) is 0 Å². The maximum atomic E-state index is 11.0. The van der Waals surface area contributed by atoms with Crippen LogP contribution < -0.4 is 5.11 Å². The number of carboxylic acids is 1. The van der Waals surface area contributed by atoms with Gasteiger partial charge in [0.05, 0.1) is 5.97 Å². The van der Waals surface area contributed by atoms with Gasteiger partial charge in [0.2, 0.25) is 0 Å². The average Bonchev–Trinajstić information content (AvgIpc) is 2.53. The minimum Gasteiger partial charge on any atom is -0.545 e. The summed E-state index contributed by atoms with van der Waals surface area (Å²) in [4.78, 5) is 11.0. The number of carbonyl (C=O) groups is 1. The molecule has 0 fully saturated rings. The Balaban J connectivity index is 2.17. The quantitative estimate of drug-likeness (QED) is 0.688. The molecule has 0 unspecified atom stereocenters. The molecule has 3 aromatic carbocycles. The number of aliphatic carboxylic acids is 1. The highest BCUT2D eigenvalue weighted by Crippen LogP contribution is 2.26. The molecule has 0 saturated carbocycles. The number of rotatable bonds is 3. The van der Waals surface area contributed by atoms with Gasteiger partial charge in [0.15, 0.2) is 0 Å². The molecule has 0 aromatic heterocycles. The number of carbonyl (C=O) groups excluding carboxylic acids is 1. The molecule has 3 aromatic rings. The zero-order chi connectivity index (χ0) is 14.7. The Morgan fingerprint density at radius 1 is 0.762 bits per heavy atom. The first-order valence-corrected chi connectivity index (χ1v) is 6.71. The van der Waals surface area contributed by atoms with Crippen molar-refractivity contribution in [3.05, 3.63) is 90.0 Å². The first-order valence-electron chi connectivity index (χ1n) is 6.71. The van der Waals surface area contributed by atoms with Gasteiger partial charge in [0.1, 0.15) is 0 Å². The van der Waals surface area contributed by atoms with E-state index in [1.807, 2.05) is 72.8 Å². The summed E-state index contributed by atoms with van der Waals surface area (Å²) in [6.45, 7) is 0. The van der Waals surface area contributed by atoms with Crippen molar-refractivity contribution in [3.8, 4) is 0 Å². The summed E-state index contributed by atoms with van der Waals surface area (Å²) in [5, 5.41) is 13.2. The molecule has 0 heterocycles. The molecule has 21 heavy (non-hydrogen) atoms. The van der Waals surface area contributed by atoms with E-state index in [0.717, 1.165) is 28.0 Å². The highest BCUT2D eigenvalue weighted by atomic mass is 16.4. The molecule has 0 N–H and O–H groups in total. The molecular formula is C19H13O2-. The normalized spacial score (nSPS) is 11.5. The van der Waals surface area contributed by atoms with Crippen LogP contribution in [0.2, 0.25) is 0 Å². The zero-order valence-electron chi connectivity index (χ0n) is 11.3. The maximum absolute atomic E-state index is 11.0. The SMILES string of the molecule is O=C([O-])/C=C(/c1ccccc1)c1ccc2ccccc2c1. The fourth-order valence-electron chi connectivity index (χ4n) is 2.43. The third-order valence-corrected chi connectivity index (χ3v) is 3.41. The molecule has 102 valence electrons. The molecule has 2 nitrogen and oxygen atoms in total. The van der Waals surface area contributed by atoms with Crippen LogP contribution in [-0.2, 0) is 4.79 Å². The Bertz CT molecular complexity index is 817. The summed E-state index contributed by atoms with van der Waals surface area (Å²) >= 11 is 0. The zero-order valence-corrected chi connectivity index (χ0v) is 11.3. The molecule has 0 spiro atoms. The van der Waals surface area contributed by atoms with Crippen molar-refractivity contribution in [3.63, 3.8) is 0 Å². The molecule has 0 aliphatic rings. The third kappa shape index (κ3) is 2.84. The Kier molecular flexibility index (Phi) is 3.52. The van der Waals surface area contributed by atoms with Gasteiger partial charge < -0.3 is 9.90 Å². The Morgan fingerprint density at radius 2 is 1.43 bits per heavy atom. The maximum Gasteiger partial charge on any atom is 0.0649 e. The van der Waals surface area contributed by atoms with Crippen molar-refractivity contribution in [2.45, 2.75) is 0 Å².